The van der Waals surface area contributed by atoms with Crippen molar-refractivity contribution >= 4 is 31.9 Å². The van der Waals surface area contributed by atoms with E-state index in [0.29, 0.717) is 11.8 Å². The summed E-state index contributed by atoms with van der Waals surface area (Å²) in [6.07, 6.45) is 0.899. The van der Waals surface area contributed by atoms with E-state index in [0.717, 1.165) is 5.56 Å². The van der Waals surface area contributed by atoms with E-state index < -0.39 is 11.6 Å². The fourth-order valence-electron chi connectivity index (χ4n) is 2.18. The molecule has 21 heavy (non-hydrogen) atoms. The van der Waals surface area contributed by atoms with Crippen LogP contribution < -0.4 is 0 Å². The summed E-state index contributed by atoms with van der Waals surface area (Å²) in [6.45, 7) is 0. The largest absolute Gasteiger partial charge is 0.207 e. The van der Waals surface area contributed by atoms with Crippen LogP contribution in [0.2, 0.25) is 0 Å². The van der Waals surface area contributed by atoms with Gasteiger partial charge in [0.15, 0.2) is 0 Å². The van der Waals surface area contributed by atoms with Crippen LogP contribution in [-0.2, 0) is 12.8 Å². The number of benzene rings is 2. The highest BCUT2D eigenvalue weighted by Gasteiger charge is 2.17. The van der Waals surface area contributed by atoms with E-state index in [1.807, 2.05) is 0 Å². The minimum Gasteiger partial charge on any atom is -0.207 e. The summed E-state index contributed by atoms with van der Waals surface area (Å²) in [5.41, 5.74) is 1.02. The summed E-state index contributed by atoms with van der Waals surface area (Å²) < 4.78 is 40.9. The fourth-order valence-corrected chi connectivity index (χ4v) is 3.01. The van der Waals surface area contributed by atoms with Crippen molar-refractivity contribution in [2.45, 2.75) is 12.8 Å². The summed E-state index contributed by atoms with van der Waals surface area (Å²) >= 11 is 6.45. The van der Waals surface area contributed by atoms with Gasteiger partial charge in [-0.15, -0.1) is 0 Å². The summed E-state index contributed by atoms with van der Waals surface area (Å²) in [4.78, 5) is 0. The highest BCUT2D eigenvalue weighted by molar-refractivity contribution is 9.10. The summed E-state index contributed by atoms with van der Waals surface area (Å²) in [5, 5.41) is 0.607. The molecule has 0 heterocycles. The zero-order chi connectivity index (χ0) is 15.4. The van der Waals surface area contributed by atoms with Gasteiger partial charge in [-0.1, -0.05) is 28.1 Å². The van der Waals surface area contributed by atoms with Crippen LogP contribution in [0.1, 0.15) is 11.1 Å². The molecule has 0 bridgehead atoms. The molecule has 2 rings (SSSR count). The molecule has 0 aromatic heterocycles. The Hall–Kier alpha value is -0.810. The topological polar surface area (TPSA) is 0 Å². The first-order chi connectivity index (χ1) is 10.0. The highest BCUT2D eigenvalue weighted by atomic mass is 79.9. The molecule has 0 saturated carbocycles. The van der Waals surface area contributed by atoms with E-state index in [4.69, 9.17) is 0 Å². The molecule has 0 N–H and O–H groups in total. The summed E-state index contributed by atoms with van der Waals surface area (Å²) in [6, 6.07) is 8.78. The number of rotatable bonds is 5. The van der Waals surface area contributed by atoms with Crippen LogP contribution >= 0.6 is 31.9 Å². The Kier molecular flexibility index (Phi) is 5.88. The Bertz CT molecular complexity index is 612. The van der Waals surface area contributed by atoms with Crippen LogP contribution in [0.3, 0.4) is 0 Å². The lowest BCUT2D eigenvalue weighted by atomic mass is 9.93. The molecule has 112 valence electrons. The van der Waals surface area contributed by atoms with E-state index >= 15 is 0 Å². The average molecular weight is 422 g/mol. The van der Waals surface area contributed by atoms with E-state index in [9.17, 15) is 13.2 Å². The third-order valence-electron chi connectivity index (χ3n) is 3.29. The first-order valence-corrected chi connectivity index (χ1v) is 8.35. The minimum absolute atomic E-state index is 0.0220. The number of hydrogen-bond donors (Lipinski definition) is 0. The predicted molar refractivity (Wildman–Crippen MR) is 85.2 cm³/mol. The highest BCUT2D eigenvalue weighted by Crippen LogP contribution is 2.26. The molecule has 5 heteroatoms. The maximum absolute atomic E-state index is 14.0. The Morgan fingerprint density at radius 2 is 1.57 bits per heavy atom. The van der Waals surface area contributed by atoms with Gasteiger partial charge in [0.1, 0.15) is 17.5 Å². The van der Waals surface area contributed by atoms with Crippen LogP contribution in [0, 0.1) is 23.4 Å². The van der Waals surface area contributed by atoms with Crippen LogP contribution in [0.25, 0.3) is 0 Å². The van der Waals surface area contributed by atoms with Gasteiger partial charge in [0, 0.05) is 10.9 Å². The molecule has 0 aliphatic carbocycles. The predicted octanol–water partition coefficient (Wildman–Crippen LogP) is 5.66. The molecule has 0 spiro atoms. The SMILES string of the molecule is Fc1ccc(CC(CBr)Cc2c(F)ccc(Br)c2F)cc1. The molecular formula is C16H13Br2F3. The molecule has 1 unspecified atom stereocenters. The lowest BCUT2D eigenvalue weighted by molar-refractivity contribution is 0.507. The Labute approximate surface area is 138 Å². The van der Waals surface area contributed by atoms with E-state index in [1.54, 1.807) is 12.1 Å². The van der Waals surface area contributed by atoms with Crippen LogP contribution in [-0.4, -0.2) is 5.33 Å². The van der Waals surface area contributed by atoms with Crippen molar-refractivity contribution in [3.8, 4) is 0 Å². The molecule has 2 aromatic carbocycles. The number of hydrogen-bond acceptors (Lipinski definition) is 0. The van der Waals surface area contributed by atoms with Gasteiger partial charge in [-0.2, -0.15) is 0 Å². The average Bonchev–Trinajstić information content (AvgIpc) is 2.48. The van der Waals surface area contributed by atoms with Crippen molar-refractivity contribution in [1.82, 2.24) is 0 Å². The van der Waals surface area contributed by atoms with E-state index in [-0.39, 0.29) is 28.2 Å². The Morgan fingerprint density at radius 1 is 0.905 bits per heavy atom. The first-order valence-electron chi connectivity index (χ1n) is 6.44. The molecule has 1 atom stereocenters. The molecule has 0 radical (unpaired) electrons. The van der Waals surface area contributed by atoms with Crippen molar-refractivity contribution in [1.29, 1.82) is 0 Å². The zero-order valence-corrected chi connectivity index (χ0v) is 14.2. The van der Waals surface area contributed by atoms with Crippen LogP contribution in [0.15, 0.2) is 40.9 Å². The van der Waals surface area contributed by atoms with Crippen molar-refractivity contribution in [3.05, 3.63) is 69.4 Å². The smallest absolute Gasteiger partial charge is 0.143 e. The molecule has 0 aliphatic heterocycles. The molecule has 0 saturated heterocycles. The Balaban J connectivity index is 2.16. The second-order valence-electron chi connectivity index (χ2n) is 4.88. The second-order valence-corrected chi connectivity index (χ2v) is 6.38. The fraction of sp³-hybridized carbons (Fsp3) is 0.250. The molecular weight excluding hydrogens is 409 g/mol. The minimum atomic E-state index is -0.556. The molecule has 0 aliphatic rings. The molecule has 0 nitrogen and oxygen atoms in total. The van der Waals surface area contributed by atoms with Gasteiger partial charge in [-0.05, 0) is 64.5 Å². The van der Waals surface area contributed by atoms with Crippen LogP contribution in [0.5, 0.6) is 0 Å². The summed E-state index contributed by atoms with van der Waals surface area (Å²) in [7, 11) is 0. The van der Waals surface area contributed by atoms with Gasteiger partial charge in [-0.25, -0.2) is 13.2 Å². The maximum Gasteiger partial charge on any atom is 0.143 e. The van der Waals surface area contributed by atoms with Gasteiger partial charge in [0.25, 0.3) is 0 Å². The van der Waals surface area contributed by atoms with Gasteiger partial charge in [0.2, 0.25) is 0 Å². The van der Waals surface area contributed by atoms with E-state index in [2.05, 4.69) is 31.9 Å². The third kappa shape index (κ3) is 4.33. The van der Waals surface area contributed by atoms with Crippen molar-refractivity contribution in [2.75, 3.05) is 5.33 Å². The van der Waals surface area contributed by atoms with Crippen molar-refractivity contribution in [3.63, 3.8) is 0 Å². The number of halogens is 5. The lowest BCUT2D eigenvalue weighted by Crippen LogP contribution is -2.12. The molecule has 0 fully saturated rings. The lowest BCUT2D eigenvalue weighted by Gasteiger charge is -2.16. The van der Waals surface area contributed by atoms with Gasteiger partial charge < -0.3 is 0 Å². The van der Waals surface area contributed by atoms with Crippen LogP contribution in [0.4, 0.5) is 13.2 Å². The first kappa shape index (κ1) is 16.6. The van der Waals surface area contributed by atoms with Gasteiger partial charge >= 0.3 is 0 Å². The Morgan fingerprint density at radius 3 is 2.19 bits per heavy atom. The number of alkyl halides is 1. The molecule has 0 amide bonds. The molecule has 2 aromatic rings. The second kappa shape index (κ2) is 7.45. The third-order valence-corrected chi connectivity index (χ3v) is 4.82. The van der Waals surface area contributed by atoms with Gasteiger partial charge in [-0.3, -0.25) is 0 Å². The monoisotopic (exact) mass is 420 g/mol. The summed E-state index contributed by atoms with van der Waals surface area (Å²) in [5.74, 6) is -1.37. The normalized spacial score (nSPS) is 12.4. The standard InChI is InChI=1S/C16H13Br2F3/c17-9-11(7-10-1-3-12(19)4-2-10)8-13-15(20)6-5-14(18)16(13)21/h1-6,11H,7-9H2. The van der Waals surface area contributed by atoms with E-state index in [1.165, 1.54) is 24.3 Å². The quantitative estimate of drug-likeness (QED) is 0.431. The van der Waals surface area contributed by atoms with Crippen molar-refractivity contribution in [2.24, 2.45) is 5.92 Å². The van der Waals surface area contributed by atoms with Crippen molar-refractivity contribution < 1.29 is 13.2 Å². The zero-order valence-electron chi connectivity index (χ0n) is 11.1. The van der Waals surface area contributed by atoms with Gasteiger partial charge in [0.05, 0.1) is 4.47 Å². The maximum atomic E-state index is 14.0.